The molecule has 3 aliphatic heterocycles. The van der Waals surface area contributed by atoms with Crippen LogP contribution in [-0.4, -0.2) is 194 Å². The molecule has 8 heterocycles. The van der Waals surface area contributed by atoms with Crippen molar-refractivity contribution in [3.63, 3.8) is 0 Å². The molecule has 0 radical (unpaired) electrons. The fourth-order valence-electron chi connectivity index (χ4n) is 12.9. The van der Waals surface area contributed by atoms with Crippen LogP contribution in [0, 0.1) is 18.8 Å². The highest BCUT2D eigenvalue weighted by Crippen LogP contribution is 2.37. The second-order valence-electron chi connectivity index (χ2n) is 25.7. The normalized spacial score (nSPS) is 21.5. The average molecular weight is 1310 g/mol. The predicted octanol–water partition coefficient (Wildman–Crippen LogP) is 6.98. The SMILES string of the molecule is CC(C)(O)C#CC(=O)NC1CCC(Oc2cc(N3CCOCC3)cc3nccnc23)CC1.Cc1cc(C(=O)NC2CCC(Oc3cc(N4CCOCC4)cc4nccnc34)CC2)n[nH]1.Cn1ccc(C(=O)NC2CCC(Oc3cc(N4CCOCC4)cc4nccnc34)CC2)n1. The molecule has 26 heteroatoms. The maximum Gasteiger partial charge on any atom is 0.296 e. The van der Waals surface area contributed by atoms with Gasteiger partial charge in [-0.1, -0.05) is 5.92 Å². The van der Waals surface area contributed by atoms with Crippen LogP contribution in [0.3, 0.4) is 0 Å². The predicted molar refractivity (Wildman–Crippen MR) is 361 cm³/mol. The molecule has 3 aromatic carbocycles. The molecule has 0 unspecified atom stereocenters. The second kappa shape index (κ2) is 31.5. The van der Waals surface area contributed by atoms with Gasteiger partial charge in [-0.3, -0.25) is 39.1 Å². The molecule has 26 nitrogen and oxygen atoms in total. The summed E-state index contributed by atoms with van der Waals surface area (Å²) in [4.78, 5) is 70.7. The number of carbonyl (C=O) groups excluding carboxylic acids is 3. The summed E-state index contributed by atoms with van der Waals surface area (Å²) < 4.78 is 37.4. The van der Waals surface area contributed by atoms with Crippen LogP contribution in [0.5, 0.6) is 17.2 Å². The van der Waals surface area contributed by atoms with Crippen molar-refractivity contribution in [2.75, 3.05) is 93.6 Å². The van der Waals surface area contributed by atoms with Gasteiger partial charge in [-0.05, 0) is 134 Å². The summed E-state index contributed by atoms with van der Waals surface area (Å²) in [6, 6.07) is 16.3. The van der Waals surface area contributed by atoms with E-state index in [2.05, 4.69) is 124 Å². The van der Waals surface area contributed by atoms with Gasteiger partial charge in [-0.15, -0.1) is 0 Å². The van der Waals surface area contributed by atoms with Crippen molar-refractivity contribution in [2.45, 2.75) is 140 Å². The van der Waals surface area contributed by atoms with Crippen molar-refractivity contribution < 1.29 is 47.9 Å². The van der Waals surface area contributed by atoms with Crippen molar-refractivity contribution in [3.8, 4) is 29.1 Å². The quantitative estimate of drug-likeness (QED) is 0.0686. The molecule has 0 bridgehead atoms. The third-order valence-corrected chi connectivity index (χ3v) is 18.0. The summed E-state index contributed by atoms with van der Waals surface area (Å²) in [5.41, 5.74) is 8.67. The lowest BCUT2D eigenvalue weighted by molar-refractivity contribution is -0.116. The molecule has 3 aliphatic carbocycles. The number of nitrogens with one attached hydrogen (secondary N) is 4. The number of benzene rings is 3. The summed E-state index contributed by atoms with van der Waals surface area (Å²) in [5, 5.41) is 29.8. The Bertz CT molecular complexity index is 3820. The second-order valence-corrected chi connectivity index (χ2v) is 25.7. The van der Waals surface area contributed by atoms with Crippen LogP contribution in [0.1, 0.15) is 118 Å². The number of amides is 3. The van der Waals surface area contributed by atoms with Gasteiger partial charge in [0.25, 0.3) is 17.7 Å². The van der Waals surface area contributed by atoms with Crippen LogP contribution in [-0.2, 0) is 26.1 Å². The van der Waals surface area contributed by atoms with Gasteiger partial charge in [0.15, 0.2) is 0 Å². The molecule has 6 aliphatic rings. The van der Waals surface area contributed by atoms with E-state index in [-0.39, 0.29) is 54.2 Å². The summed E-state index contributed by atoms with van der Waals surface area (Å²) in [6.07, 6.45) is 22.4. The number of aliphatic hydroxyl groups is 1. The molecule has 3 amide bonds. The van der Waals surface area contributed by atoms with Gasteiger partial charge in [0.05, 0.1) is 74.5 Å². The Kier molecular flexibility index (Phi) is 21.9. The number of aryl methyl sites for hydroxylation is 2. The van der Waals surface area contributed by atoms with Gasteiger partial charge in [0.1, 0.15) is 50.8 Å². The Labute approximate surface area is 557 Å². The van der Waals surface area contributed by atoms with Crippen molar-refractivity contribution >= 4 is 67.9 Å². The lowest BCUT2D eigenvalue weighted by Crippen LogP contribution is -2.40. The van der Waals surface area contributed by atoms with E-state index in [0.29, 0.717) is 24.6 Å². The molecule has 5 aromatic heterocycles. The van der Waals surface area contributed by atoms with E-state index in [4.69, 9.17) is 28.4 Å². The fourth-order valence-corrected chi connectivity index (χ4v) is 12.9. The Morgan fingerprint density at radius 2 is 0.885 bits per heavy atom. The number of aromatic nitrogens is 10. The van der Waals surface area contributed by atoms with Gasteiger partial charge in [0.2, 0.25) is 0 Å². The molecule has 506 valence electrons. The van der Waals surface area contributed by atoms with Crippen molar-refractivity contribution in [2.24, 2.45) is 7.05 Å². The average Bonchev–Trinajstić information content (AvgIpc) is 1.02. The largest absolute Gasteiger partial charge is 0.488 e. The number of fused-ring (bicyclic) bond motifs is 3. The number of anilines is 3. The van der Waals surface area contributed by atoms with E-state index in [1.807, 2.05) is 14.0 Å². The minimum atomic E-state index is -1.18. The third-order valence-electron chi connectivity index (χ3n) is 18.0. The van der Waals surface area contributed by atoms with Crippen LogP contribution >= 0.6 is 0 Å². The minimum absolute atomic E-state index is 0.0516. The highest BCUT2D eigenvalue weighted by molar-refractivity contribution is 5.94. The summed E-state index contributed by atoms with van der Waals surface area (Å²) >= 11 is 0. The summed E-state index contributed by atoms with van der Waals surface area (Å²) in [5.74, 6) is 6.72. The zero-order chi connectivity index (χ0) is 66.4. The molecule has 5 N–H and O–H groups in total. The Morgan fingerprint density at radius 3 is 1.23 bits per heavy atom. The van der Waals surface area contributed by atoms with Gasteiger partial charge in [0, 0.05) is 149 Å². The van der Waals surface area contributed by atoms with E-state index in [1.54, 1.807) is 74.0 Å². The van der Waals surface area contributed by atoms with Gasteiger partial charge >= 0.3 is 0 Å². The first-order valence-electron chi connectivity index (χ1n) is 33.6. The van der Waals surface area contributed by atoms with Crippen molar-refractivity contribution in [1.29, 1.82) is 0 Å². The summed E-state index contributed by atoms with van der Waals surface area (Å²) in [7, 11) is 1.81. The Hall–Kier alpha value is -9.29. The molecule has 3 saturated carbocycles. The van der Waals surface area contributed by atoms with E-state index in [1.165, 1.54) is 0 Å². The zero-order valence-electron chi connectivity index (χ0n) is 55.1. The molecule has 6 fully saturated rings. The van der Waals surface area contributed by atoms with Gasteiger partial charge in [-0.25, -0.2) is 15.0 Å². The number of rotatable bonds is 14. The van der Waals surface area contributed by atoms with Crippen molar-refractivity contribution in [3.05, 3.63) is 109 Å². The standard InChI is InChI=1S/C24H30N4O4.2C23H28N6O3/c1-24(2,30)8-7-22(29)27-17-3-5-19(6-4-17)32-21-16-18(28-11-13-31-14-12-28)15-20-23(21)26-10-9-25-20;1-28-9-6-19(27-28)23(30)26-16-2-4-18(5-3-16)32-21-15-17(29-10-12-31-13-11-29)14-20-22(21)25-8-7-24-20;1-15-12-20(28-27-15)23(30)26-16-2-4-18(5-3-16)32-21-14-17(29-8-10-31-11-9-29)13-19-22(21)25-7-6-24-19/h9-10,15-17,19,30H,3-6,11-14H2,1-2H3,(H,27,29);6-9,14-16,18H,2-5,10-13H2,1H3,(H,26,30);6-7,12-14,16,18H,2-5,8-11H2,1H3,(H,26,30)(H,27,28). The first-order chi connectivity index (χ1) is 46.7. The molecule has 96 heavy (non-hydrogen) atoms. The molecular formula is C70H86N16O10. The number of H-pyrrole nitrogens is 1. The Balaban J connectivity index is 0.000000138. The number of hydrogen-bond acceptors (Lipinski definition) is 21. The number of aromatic amines is 1. The van der Waals surface area contributed by atoms with E-state index < -0.39 is 5.60 Å². The molecular weight excluding hydrogens is 1220 g/mol. The van der Waals surface area contributed by atoms with Crippen LogP contribution in [0.25, 0.3) is 33.1 Å². The maximum absolute atomic E-state index is 12.4. The number of ether oxygens (including phenoxy) is 6. The van der Waals surface area contributed by atoms with Crippen LogP contribution in [0.4, 0.5) is 17.1 Å². The van der Waals surface area contributed by atoms with E-state index >= 15 is 0 Å². The van der Waals surface area contributed by atoms with Crippen molar-refractivity contribution in [1.82, 2.24) is 65.8 Å². The molecule has 8 aromatic rings. The van der Waals surface area contributed by atoms with Crippen LogP contribution < -0.4 is 44.9 Å². The highest BCUT2D eigenvalue weighted by Gasteiger charge is 2.30. The smallest absolute Gasteiger partial charge is 0.296 e. The van der Waals surface area contributed by atoms with E-state index in [9.17, 15) is 19.5 Å². The Morgan fingerprint density at radius 1 is 0.521 bits per heavy atom. The maximum atomic E-state index is 12.4. The molecule has 3 saturated heterocycles. The minimum Gasteiger partial charge on any atom is -0.488 e. The van der Waals surface area contributed by atoms with Gasteiger partial charge in [-0.2, -0.15) is 10.2 Å². The first-order valence-corrected chi connectivity index (χ1v) is 33.6. The molecule has 0 atom stereocenters. The fraction of sp³-hybridized carbons (Fsp3) is 0.500. The third kappa shape index (κ3) is 18.0. The lowest BCUT2D eigenvalue weighted by Gasteiger charge is -2.31. The topological polar surface area (TPSA) is 296 Å². The molecule has 0 spiro atoms. The summed E-state index contributed by atoms with van der Waals surface area (Å²) in [6.45, 7) is 14.4. The number of hydrogen-bond donors (Lipinski definition) is 5. The first kappa shape index (κ1) is 66.7. The van der Waals surface area contributed by atoms with Crippen LogP contribution in [0.2, 0.25) is 0 Å². The number of nitrogens with zero attached hydrogens (tertiary/aromatic N) is 12. The molecule has 14 rings (SSSR count). The lowest BCUT2D eigenvalue weighted by atomic mass is 9.92. The monoisotopic (exact) mass is 1310 g/mol. The number of carbonyl (C=O) groups is 3. The zero-order valence-corrected chi connectivity index (χ0v) is 55.1. The van der Waals surface area contributed by atoms with Gasteiger partial charge < -0.3 is 64.2 Å². The highest BCUT2D eigenvalue weighted by atomic mass is 16.5. The number of morpholine rings is 3. The van der Waals surface area contributed by atoms with E-state index in [0.717, 1.165) is 216 Å². The van der Waals surface area contributed by atoms with Crippen LogP contribution in [0.15, 0.2) is 91.9 Å².